The Morgan fingerprint density at radius 1 is 0.880 bits per heavy atom. The van der Waals surface area contributed by atoms with E-state index in [2.05, 4.69) is 5.32 Å². The topological polar surface area (TPSA) is 104 Å². The van der Waals surface area contributed by atoms with Crippen LogP contribution in [0.1, 0.15) is 38.5 Å². The van der Waals surface area contributed by atoms with Crippen molar-refractivity contribution in [3.05, 3.63) is 0 Å². The van der Waals surface area contributed by atoms with Crippen LogP contribution in [0, 0.1) is 5.92 Å². The maximum atomic E-state index is 12.5. The molecule has 1 N–H and O–H groups in total. The molecular weight excluding hydrogens is 366 g/mol. The van der Waals surface area contributed by atoms with E-state index in [0.29, 0.717) is 38.8 Å². The SMILES string of the molecule is CS(=O)(=O)N1CCC(C(=O)NC2CC3CCC(C2)N3S(C)(=O)=O)CC1. The molecular formula is C15H27N3O5S2. The van der Waals surface area contributed by atoms with Crippen LogP contribution < -0.4 is 5.32 Å². The summed E-state index contributed by atoms with van der Waals surface area (Å²) < 4.78 is 50.0. The van der Waals surface area contributed by atoms with Gasteiger partial charge in [0, 0.05) is 37.1 Å². The standard InChI is InChI=1S/C15H27N3O5S2/c1-24(20,21)17-7-5-11(6-8-17)15(19)16-12-9-13-3-4-14(10-12)18(13)25(2,22)23/h11-14H,3-10H2,1-2H3,(H,16,19). The molecule has 0 spiro atoms. The van der Waals surface area contributed by atoms with Crippen molar-refractivity contribution >= 4 is 26.0 Å². The van der Waals surface area contributed by atoms with Crippen molar-refractivity contribution in [1.29, 1.82) is 0 Å². The second-order valence-corrected chi connectivity index (χ2v) is 11.5. The lowest BCUT2D eigenvalue weighted by molar-refractivity contribution is -0.127. The molecule has 3 saturated heterocycles. The van der Waals surface area contributed by atoms with Crippen molar-refractivity contribution in [3.63, 3.8) is 0 Å². The Labute approximate surface area is 150 Å². The summed E-state index contributed by atoms with van der Waals surface area (Å²) in [5.74, 6) is -0.186. The van der Waals surface area contributed by atoms with Crippen LogP contribution >= 0.6 is 0 Å². The van der Waals surface area contributed by atoms with E-state index >= 15 is 0 Å². The summed E-state index contributed by atoms with van der Waals surface area (Å²) in [6, 6.07) is -0.00630. The molecule has 2 atom stereocenters. The summed E-state index contributed by atoms with van der Waals surface area (Å²) in [4.78, 5) is 12.5. The number of nitrogens with zero attached hydrogens (tertiary/aromatic N) is 2. The highest BCUT2D eigenvalue weighted by Crippen LogP contribution is 2.37. The molecule has 3 aliphatic rings. The number of carbonyl (C=O) groups is 1. The first kappa shape index (κ1) is 19.1. The molecule has 2 bridgehead atoms. The number of nitrogens with one attached hydrogen (secondary N) is 1. The molecule has 0 radical (unpaired) electrons. The maximum absolute atomic E-state index is 12.5. The molecule has 3 aliphatic heterocycles. The van der Waals surface area contributed by atoms with E-state index in [1.165, 1.54) is 16.8 Å². The lowest BCUT2D eigenvalue weighted by Crippen LogP contribution is -2.53. The third kappa shape index (κ3) is 4.17. The van der Waals surface area contributed by atoms with Gasteiger partial charge in [-0.1, -0.05) is 0 Å². The maximum Gasteiger partial charge on any atom is 0.223 e. The predicted octanol–water partition coefficient (Wildman–Crippen LogP) is -0.271. The molecule has 0 saturated carbocycles. The molecule has 3 fully saturated rings. The fraction of sp³-hybridized carbons (Fsp3) is 0.933. The number of hydrogen-bond acceptors (Lipinski definition) is 5. The average molecular weight is 394 g/mol. The third-order valence-corrected chi connectivity index (χ3v) is 8.35. The fourth-order valence-electron chi connectivity index (χ4n) is 4.56. The smallest absolute Gasteiger partial charge is 0.223 e. The van der Waals surface area contributed by atoms with Gasteiger partial charge in [-0.05, 0) is 38.5 Å². The van der Waals surface area contributed by atoms with Gasteiger partial charge in [0.15, 0.2) is 0 Å². The van der Waals surface area contributed by atoms with Crippen LogP contribution in [0.3, 0.4) is 0 Å². The van der Waals surface area contributed by atoms with E-state index in [1.807, 2.05) is 0 Å². The molecule has 0 aliphatic carbocycles. The van der Waals surface area contributed by atoms with Crippen molar-refractivity contribution < 1.29 is 21.6 Å². The van der Waals surface area contributed by atoms with Crippen LogP contribution in [-0.2, 0) is 24.8 Å². The van der Waals surface area contributed by atoms with Gasteiger partial charge in [-0.25, -0.2) is 21.1 Å². The summed E-state index contributed by atoms with van der Waals surface area (Å²) in [7, 11) is -6.39. The number of fused-ring (bicyclic) bond motifs is 2. The van der Waals surface area contributed by atoms with E-state index in [4.69, 9.17) is 0 Å². The van der Waals surface area contributed by atoms with Gasteiger partial charge in [0.05, 0.1) is 12.5 Å². The number of rotatable bonds is 4. The lowest BCUT2D eigenvalue weighted by Gasteiger charge is -2.38. The zero-order valence-corrected chi connectivity index (χ0v) is 16.4. The largest absolute Gasteiger partial charge is 0.353 e. The highest BCUT2D eigenvalue weighted by atomic mass is 32.2. The van der Waals surface area contributed by atoms with Crippen LogP contribution in [0.5, 0.6) is 0 Å². The van der Waals surface area contributed by atoms with Crippen LogP contribution in [0.4, 0.5) is 0 Å². The number of amides is 1. The average Bonchev–Trinajstić information content (AvgIpc) is 2.79. The molecule has 0 aromatic heterocycles. The Morgan fingerprint density at radius 3 is 1.84 bits per heavy atom. The van der Waals surface area contributed by atoms with Crippen LogP contribution in [0.15, 0.2) is 0 Å². The Hall–Kier alpha value is -0.710. The Morgan fingerprint density at radius 2 is 1.40 bits per heavy atom. The number of hydrogen-bond donors (Lipinski definition) is 1. The molecule has 8 nitrogen and oxygen atoms in total. The summed E-state index contributed by atoms with van der Waals surface area (Å²) in [5, 5.41) is 3.09. The van der Waals surface area contributed by atoms with E-state index in [1.54, 1.807) is 4.31 Å². The minimum absolute atomic E-state index is 0.00821. The van der Waals surface area contributed by atoms with E-state index in [0.717, 1.165) is 12.8 Å². The summed E-state index contributed by atoms with van der Waals surface area (Å²) >= 11 is 0. The van der Waals surface area contributed by atoms with Gasteiger partial charge in [-0.3, -0.25) is 4.79 Å². The highest BCUT2D eigenvalue weighted by molar-refractivity contribution is 7.88. The first-order chi connectivity index (χ1) is 11.6. The van der Waals surface area contributed by atoms with Crippen molar-refractivity contribution in [2.45, 2.75) is 56.7 Å². The lowest BCUT2D eigenvalue weighted by atomic mass is 9.94. The predicted molar refractivity (Wildman–Crippen MR) is 93.8 cm³/mol. The first-order valence-corrected chi connectivity index (χ1v) is 12.5. The minimum Gasteiger partial charge on any atom is -0.353 e. The molecule has 0 aromatic rings. The van der Waals surface area contributed by atoms with E-state index in [-0.39, 0.29) is 30.0 Å². The summed E-state index contributed by atoms with van der Waals surface area (Å²) in [6.45, 7) is 0.767. The fourth-order valence-corrected chi connectivity index (χ4v) is 6.90. The second-order valence-electron chi connectivity index (χ2n) is 7.59. The van der Waals surface area contributed by atoms with E-state index in [9.17, 15) is 21.6 Å². The molecule has 3 rings (SSSR count). The van der Waals surface area contributed by atoms with Gasteiger partial charge in [0.2, 0.25) is 26.0 Å². The van der Waals surface area contributed by atoms with Gasteiger partial charge in [0.1, 0.15) is 0 Å². The zero-order chi connectivity index (χ0) is 18.4. The van der Waals surface area contributed by atoms with Gasteiger partial charge in [-0.15, -0.1) is 0 Å². The van der Waals surface area contributed by atoms with Gasteiger partial charge < -0.3 is 5.32 Å². The van der Waals surface area contributed by atoms with Gasteiger partial charge in [-0.2, -0.15) is 4.31 Å². The highest BCUT2D eigenvalue weighted by Gasteiger charge is 2.45. The van der Waals surface area contributed by atoms with Crippen molar-refractivity contribution in [1.82, 2.24) is 13.9 Å². The zero-order valence-electron chi connectivity index (χ0n) is 14.7. The normalized spacial score (nSPS) is 32.6. The Bertz CT molecular complexity index is 714. The molecule has 3 heterocycles. The van der Waals surface area contributed by atoms with Crippen molar-refractivity contribution in [3.8, 4) is 0 Å². The third-order valence-electron chi connectivity index (χ3n) is 5.69. The summed E-state index contributed by atoms with van der Waals surface area (Å²) in [5.41, 5.74) is 0. The molecule has 25 heavy (non-hydrogen) atoms. The molecule has 10 heteroatoms. The van der Waals surface area contributed by atoms with Crippen molar-refractivity contribution in [2.24, 2.45) is 5.92 Å². The first-order valence-electron chi connectivity index (χ1n) is 8.79. The van der Waals surface area contributed by atoms with Crippen LogP contribution in [0.25, 0.3) is 0 Å². The molecule has 0 aromatic carbocycles. The number of sulfonamides is 2. The Kier molecular flexibility index (Phi) is 5.18. The Balaban J connectivity index is 1.54. The molecule has 2 unspecified atom stereocenters. The monoisotopic (exact) mass is 393 g/mol. The minimum atomic E-state index is -3.20. The number of carbonyl (C=O) groups excluding carboxylic acids is 1. The van der Waals surface area contributed by atoms with E-state index < -0.39 is 20.0 Å². The molecule has 144 valence electrons. The quantitative estimate of drug-likeness (QED) is 0.708. The van der Waals surface area contributed by atoms with Gasteiger partial charge >= 0.3 is 0 Å². The molecule has 1 amide bonds. The van der Waals surface area contributed by atoms with Crippen LogP contribution in [-0.4, -0.2) is 75.1 Å². The van der Waals surface area contributed by atoms with Gasteiger partial charge in [0.25, 0.3) is 0 Å². The number of piperidine rings is 2. The second kappa shape index (κ2) is 6.79. The summed E-state index contributed by atoms with van der Waals surface area (Å²) in [6.07, 6.45) is 6.57. The van der Waals surface area contributed by atoms with Crippen LogP contribution in [0.2, 0.25) is 0 Å². The van der Waals surface area contributed by atoms with Crippen molar-refractivity contribution in [2.75, 3.05) is 25.6 Å².